The van der Waals surface area contributed by atoms with Crippen LogP contribution in [0.4, 0.5) is 5.69 Å². The van der Waals surface area contributed by atoms with Crippen LogP contribution in [0.2, 0.25) is 0 Å². The van der Waals surface area contributed by atoms with E-state index in [0.717, 1.165) is 37.1 Å². The van der Waals surface area contributed by atoms with Gasteiger partial charge in [-0.05, 0) is 101 Å². The molecule has 3 N–H and O–H groups in total. The van der Waals surface area contributed by atoms with Gasteiger partial charge in [-0.2, -0.15) is 0 Å². The molecular weight excluding hydrogens is 550 g/mol. The predicted molar refractivity (Wildman–Crippen MR) is 164 cm³/mol. The lowest BCUT2D eigenvalue weighted by molar-refractivity contribution is -0.0603. The number of anilines is 1. The predicted octanol–water partition coefficient (Wildman–Crippen LogP) is 5.27. The van der Waals surface area contributed by atoms with E-state index in [1.165, 1.54) is 17.2 Å². The van der Waals surface area contributed by atoms with Gasteiger partial charge in [0.15, 0.2) is 0 Å². The maximum atomic E-state index is 13.8. The zero-order valence-corrected chi connectivity index (χ0v) is 25.8. The van der Waals surface area contributed by atoms with E-state index in [2.05, 4.69) is 42.1 Å². The monoisotopic (exact) mass is 591 g/mol. The average Bonchev–Trinajstić information content (AvgIpc) is 3.40. The largest absolute Gasteiger partial charge is 0.485 e. The Bertz CT molecular complexity index is 1570. The first-order valence-electron chi connectivity index (χ1n) is 14.6. The number of para-hydroxylation sites is 1. The lowest BCUT2D eigenvalue weighted by Crippen LogP contribution is -2.53. The maximum absolute atomic E-state index is 13.8. The fourth-order valence-corrected chi connectivity index (χ4v) is 7.43. The number of aliphatic hydroxyl groups excluding tert-OH is 1. The molecule has 3 aromatic carbocycles. The van der Waals surface area contributed by atoms with Gasteiger partial charge >= 0.3 is 0 Å². The standard InChI is InChI=1S/C33H41N3O5S/c1-21-9-6-13-26(19-21)42(39,40)35-30-27-20-24(14-15-28(27)41-33(4,5)31(30)37)32(38)36-18-8-12-25(36)16-17-34-29-22(2)10-7-11-23(29)3/h6-7,9-11,13-15,19-20,25,30-31,34-35,37H,8,12,16-18H2,1-5H3/t25-,30+,31-/m0/s1. The third-order valence-electron chi connectivity index (χ3n) is 8.47. The summed E-state index contributed by atoms with van der Waals surface area (Å²) in [5.41, 5.74) is 4.18. The Labute approximate surface area is 249 Å². The molecule has 9 heteroatoms. The van der Waals surface area contributed by atoms with Crippen molar-refractivity contribution in [2.45, 2.75) is 82.6 Å². The van der Waals surface area contributed by atoms with Crippen molar-refractivity contribution >= 4 is 21.6 Å². The van der Waals surface area contributed by atoms with Gasteiger partial charge < -0.3 is 20.1 Å². The first-order valence-corrected chi connectivity index (χ1v) is 16.1. The number of fused-ring (bicyclic) bond motifs is 1. The van der Waals surface area contributed by atoms with Crippen LogP contribution in [0, 0.1) is 20.8 Å². The van der Waals surface area contributed by atoms with E-state index in [-0.39, 0.29) is 16.8 Å². The minimum atomic E-state index is -3.97. The number of nitrogens with zero attached hydrogens (tertiary/aromatic N) is 1. The number of carbonyl (C=O) groups excluding carboxylic acids is 1. The molecule has 0 bridgehead atoms. The molecule has 224 valence electrons. The van der Waals surface area contributed by atoms with Gasteiger partial charge in [0.25, 0.3) is 5.91 Å². The van der Waals surface area contributed by atoms with Crippen molar-refractivity contribution in [1.29, 1.82) is 0 Å². The molecule has 0 unspecified atom stereocenters. The Morgan fingerprint density at radius 1 is 1.05 bits per heavy atom. The number of sulfonamides is 1. The molecule has 0 radical (unpaired) electrons. The number of benzene rings is 3. The molecule has 5 rings (SSSR count). The zero-order chi connectivity index (χ0) is 30.2. The quantitative estimate of drug-likeness (QED) is 0.330. The molecular formula is C33H41N3O5S. The molecule has 2 heterocycles. The summed E-state index contributed by atoms with van der Waals surface area (Å²) in [6.45, 7) is 10.9. The van der Waals surface area contributed by atoms with Crippen molar-refractivity contribution in [2.75, 3.05) is 18.4 Å². The minimum Gasteiger partial charge on any atom is -0.485 e. The third kappa shape index (κ3) is 6.04. The summed E-state index contributed by atoms with van der Waals surface area (Å²) < 4.78 is 35.6. The highest BCUT2D eigenvalue weighted by molar-refractivity contribution is 7.89. The van der Waals surface area contributed by atoms with Crippen molar-refractivity contribution in [2.24, 2.45) is 0 Å². The molecule has 1 fully saturated rings. The summed E-state index contributed by atoms with van der Waals surface area (Å²) >= 11 is 0. The van der Waals surface area contributed by atoms with Crippen molar-refractivity contribution in [3.8, 4) is 5.75 Å². The molecule has 42 heavy (non-hydrogen) atoms. The van der Waals surface area contributed by atoms with E-state index in [0.29, 0.717) is 23.4 Å². The SMILES string of the molecule is Cc1cccc(S(=O)(=O)N[C@@H]2c3cc(C(=O)N4CCC[C@H]4CCNc4c(C)cccc4C)ccc3OC(C)(C)[C@H]2O)c1. The number of carbonyl (C=O) groups is 1. The molecule has 8 nitrogen and oxygen atoms in total. The fourth-order valence-electron chi connectivity index (χ4n) is 6.10. The highest BCUT2D eigenvalue weighted by Crippen LogP contribution is 2.41. The number of ether oxygens (including phenoxy) is 1. The Hall–Kier alpha value is -3.40. The number of aryl methyl sites for hydroxylation is 3. The second kappa shape index (κ2) is 11.7. The Kier molecular flexibility index (Phi) is 8.38. The Balaban J connectivity index is 1.37. The smallest absolute Gasteiger partial charge is 0.254 e. The summed E-state index contributed by atoms with van der Waals surface area (Å²) in [4.78, 5) is 15.8. The summed E-state index contributed by atoms with van der Waals surface area (Å²) in [7, 11) is -3.97. The molecule has 3 atom stereocenters. The first-order chi connectivity index (χ1) is 19.9. The minimum absolute atomic E-state index is 0.0988. The van der Waals surface area contributed by atoms with E-state index in [1.54, 1.807) is 44.2 Å². The number of nitrogens with one attached hydrogen (secondary N) is 2. The van der Waals surface area contributed by atoms with Crippen LogP contribution in [0.15, 0.2) is 65.6 Å². The number of rotatable bonds is 8. The van der Waals surface area contributed by atoms with Crippen molar-refractivity contribution in [1.82, 2.24) is 9.62 Å². The van der Waals surface area contributed by atoms with Gasteiger partial charge in [-0.25, -0.2) is 13.1 Å². The topological polar surface area (TPSA) is 108 Å². The lowest BCUT2D eigenvalue weighted by Gasteiger charge is -2.42. The average molecular weight is 592 g/mol. The van der Waals surface area contributed by atoms with E-state index >= 15 is 0 Å². The van der Waals surface area contributed by atoms with Gasteiger partial charge in [0.1, 0.15) is 17.5 Å². The van der Waals surface area contributed by atoms with E-state index < -0.39 is 27.8 Å². The lowest BCUT2D eigenvalue weighted by atomic mass is 9.86. The summed E-state index contributed by atoms with van der Waals surface area (Å²) in [5.74, 6) is 0.335. The number of hydrogen-bond acceptors (Lipinski definition) is 6. The van der Waals surface area contributed by atoms with E-state index in [9.17, 15) is 18.3 Å². The number of hydrogen-bond donors (Lipinski definition) is 3. The van der Waals surface area contributed by atoms with Crippen LogP contribution in [0.5, 0.6) is 5.75 Å². The Morgan fingerprint density at radius 3 is 2.48 bits per heavy atom. The number of aliphatic hydroxyl groups is 1. The van der Waals surface area contributed by atoms with Crippen LogP contribution in [-0.2, 0) is 10.0 Å². The molecule has 0 aromatic heterocycles. The normalized spacial score (nSPS) is 21.5. The molecule has 1 amide bonds. The first kappa shape index (κ1) is 30.1. The van der Waals surface area contributed by atoms with Gasteiger partial charge in [-0.3, -0.25) is 4.79 Å². The van der Waals surface area contributed by atoms with Gasteiger partial charge in [0.2, 0.25) is 10.0 Å². The van der Waals surface area contributed by atoms with Crippen molar-refractivity contribution in [3.05, 3.63) is 88.5 Å². The van der Waals surface area contributed by atoms with Crippen LogP contribution in [0.1, 0.15) is 71.8 Å². The molecule has 2 aliphatic heterocycles. The number of amides is 1. The van der Waals surface area contributed by atoms with E-state index in [1.807, 2.05) is 17.9 Å². The highest BCUT2D eigenvalue weighted by Gasteiger charge is 2.45. The Morgan fingerprint density at radius 2 is 1.76 bits per heavy atom. The van der Waals surface area contributed by atoms with Gasteiger partial charge in [-0.1, -0.05) is 30.3 Å². The van der Waals surface area contributed by atoms with Gasteiger partial charge in [-0.15, -0.1) is 0 Å². The van der Waals surface area contributed by atoms with Crippen molar-refractivity contribution in [3.63, 3.8) is 0 Å². The summed E-state index contributed by atoms with van der Waals surface area (Å²) in [5, 5.41) is 14.8. The third-order valence-corrected chi connectivity index (χ3v) is 9.91. The second-order valence-electron chi connectivity index (χ2n) is 12.1. The fraction of sp³-hybridized carbons (Fsp3) is 0.424. The van der Waals surface area contributed by atoms with Crippen LogP contribution in [0.3, 0.4) is 0 Å². The number of likely N-dealkylation sites (tertiary alicyclic amines) is 1. The molecule has 0 aliphatic carbocycles. The highest BCUT2D eigenvalue weighted by atomic mass is 32.2. The van der Waals surface area contributed by atoms with Gasteiger partial charge in [0.05, 0.1) is 10.9 Å². The molecule has 2 aliphatic rings. The van der Waals surface area contributed by atoms with Crippen LogP contribution >= 0.6 is 0 Å². The second-order valence-corrected chi connectivity index (χ2v) is 13.8. The molecule has 0 spiro atoms. The maximum Gasteiger partial charge on any atom is 0.254 e. The van der Waals surface area contributed by atoms with Crippen LogP contribution < -0.4 is 14.8 Å². The molecule has 0 saturated carbocycles. The zero-order valence-electron chi connectivity index (χ0n) is 25.0. The van der Waals surface area contributed by atoms with Crippen LogP contribution in [-0.4, -0.2) is 55.2 Å². The molecule has 3 aromatic rings. The summed E-state index contributed by atoms with van der Waals surface area (Å²) in [6.07, 6.45) is 1.49. The molecule has 1 saturated heterocycles. The van der Waals surface area contributed by atoms with Gasteiger partial charge in [0, 0.05) is 35.9 Å². The summed E-state index contributed by atoms with van der Waals surface area (Å²) in [6, 6.07) is 17.0. The van der Waals surface area contributed by atoms with E-state index in [4.69, 9.17) is 4.74 Å². The van der Waals surface area contributed by atoms with Crippen molar-refractivity contribution < 1.29 is 23.1 Å². The van der Waals surface area contributed by atoms with Crippen LogP contribution in [0.25, 0.3) is 0 Å².